The van der Waals surface area contributed by atoms with E-state index in [0.717, 1.165) is 53.9 Å². The lowest BCUT2D eigenvalue weighted by molar-refractivity contribution is 0.0935. The van der Waals surface area contributed by atoms with Crippen molar-refractivity contribution in [1.82, 2.24) is 15.6 Å². The van der Waals surface area contributed by atoms with Gasteiger partial charge in [-0.25, -0.2) is 9.78 Å². The predicted molar refractivity (Wildman–Crippen MR) is 140 cm³/mol. The summed E-state index contributed by atoms with van der Waals surface area (Å²) in [5.41, 5.74) is 4.47. The van der Waals surface area contributed by atoms with E-state index in [-0.39, 0.29) is 18.0 Å². The molecule has 1 saturated heterocycles. The van der Waals surface area contributed by atoms with Crippen LogP contribution in [0.2, 0.25) is 0 Å². The van der Waals surface area contributed by atoms with Gasteiger partial charge >= 0.3 is 6.03 Å². The first kappa shape index (κ1) is 21.8. The quantitative estimate of drug-likeness (QED) is 0.371. The van der Waals surface area contributed by atoms with Crippen molar-refractivity contribution in [3.8, 4) is 0 Å². The summed E-state index contributed by atoms with van der Waals surface area (Å²) in [4.78, 5) is 33.8. The molecule has 1 atom stereocenters. The van der Waals surface area contributed by atoms with Gasteiger partial charge in [0, 0.05) is 18.8 Å². The molecular formula is C27H25N5O2S. The average molecular weight is 484 g/mol. The molecular weight excluding hydrogens is 458 g/mol. The smallest absolute Gasteiger partial charge is 0.331 e. The zero-order valence-corrected chi connectivity index (χ0v) is 19.9. The summed E-state index contributed by atoms with van der Waals surface area (Å²) in [6.45, 7) is 1.74. The highest BCUT2D eigenvalue weighted by atomic mass is 32.1. The first-order chi connectivity index (χ1) is 17.2. The highest BCUT2D eigenvalue weighted by Gasteiger charge is 2.33. The molecule has 2 aromatic carbocycles. The number of amides is 3. The van der Waals surface area contributed by atoms with Gasteiger partial charge in [0.15, 0.2) is 0 Å². The third kappa shape index (κ3) is 4.15. The van der Waals surface area contributed by atoms with Crippen molar-refractivity contribution in [3.05, 3.63) is 82.9 Å². The lowest BCUT2D eigenvalue weighted by Crippen LogP contribution is -2.45. The summed E-state index contributed by atoms with van der Waals surface area (Å²) in [6, 6.07) is 20.0. The number of carbonyl (C=O) groups excluding carboxylic acids is 2. The summed E-state index contributed by atoms with van der Waals surface area (Å²) in [6.07, 6.45) is 4.51. The second kappa shape index (κ2) is 9.13. The van der Waals surface area contributed by atoms with E-state index < -0.39 is 0 Å². The molecule has 0 radical (unpaired) electrons. The molecule has 7 nitrogen and oxygen atoms in total. The minimum atomic E-state index is -0.285. The van der Waals surface area contributed by atoms with Crippen molar-refractivity contribution in [2.24, 2.45) is 0 Å². The van der Waals surface area contributed by atoms with Crippen LogP contribution >= 0.6 is 11.3 Å². The highest BCUT2D eigenvalue weighted by Crippen LogP contribution is 2.45. The molecule has 0 saturated carbocycles. The summed E-state index contributed by atoms with van der Waals surface area (Å²) in [7, 11) is 0. The molecule has 3 amide bonds. The Morgan fingerprint density at radius 2 is 1.89 bits per heavy atom. The Labute approximate surface area is 207 Å². The summed E-state index contributed by atoms with van der Waals surface area (Å²) in [5, 5.41) is 10.2. The number of nitrogens with one attached hydrogen (secondary N) is 3. The van der Waals surface area contributed by atoms with Gasteiger partial charge in [0.2, 0.25) is 0 Å². The standard InChI is InChI=1S/C27H25N5O2S/c33-25(30-19-7-4-13-28-16-19)24-23-22-21(12-14-29-26(22)35-24)32(27(34)31-23)20-10-8-18(9-11-20)15-17-5-2-1-3-6-17/h1-3,5-6,8-12,14,19,28H,4,7,13,15-16H2,(H,30,33)(H,31,34)/t19-/m1/s1. The van der Waals surface area contributed by atoms with E-state index in [1.54, 1.807) is 11.1 Å². The Balaban J connectivity index is 1.31. The number of anilines is 3. The maximum absolute atomic E-state index is 13.3. The Morgan fingerprint density at radius 1 is 1.09 bits per heavy atom. The number of hydrogen-bond donors (Lipinski definition) is 3. The molecule has 0 spiro atoms. The normalized spacial score (nSPS) is 17.3. The van der Waals surface area contributed by atoms with Gasteiger partial charge in [-0.15, -0.1) is 11.3 Å². The molecule has 4 aromatic rings. The molecule has 2 aliphatic rings. The summed E-state index contributed by atoms with van der Waals surface area (Å²) in [5.74, 6) is -0.165. The van der Waals surface area contributed by atoms with Crippen LogP contribution in [0.3, 0.4) is 0 Å². The number of pyridine rings is 1. The maximum atomic E-state index is 13.3. The third-order valence-corrected chi connectivity index (χ3v) is 7.63. The van der Waals surface area contributed by atoms with Crippen molar-refractivity contribution < 1.29 is 9.59 Å². The van der Waals surface area contributed by atoms with Crippen molar-refractivity contribution >= 4 is 50.6 Å². The molecule has 2 aromatic heterocycles. The Morgan fingerprint density at radius 3 is 2.66 bits per heavy atom. The number of thiophene rings is 1. The van der Waals surface area contributed by atoms with Gasteiger partial charge in [-0.05, 0) is 55.1 Å². The van der Waals surface area contributed by atoms with Crippen molar-refractivity contribution in [2.45, 2.75) is 25.3 Å². The number of piperidine rings is 1. The third-order valence-electron chi connectivity index (χ3n) is 6.53. The Hall–Kier alpha value is -3.75. The van der Waals surface area contributed by atoms with E-state index in [2.05, 4.69) is 33.1 Å². The molecule has 4 heterocycles. The van der Waals surface area contributed by atoms with Crippen LogP contribution in [-0.4, -0.2) is 36.1 Å². The van der Waals surface area contributed by atoms with Gasteiger partial charge in [0.25, 0.3) is 5.91 Å². The van der Waals surface area contributed by atoms with Crippen molar-refractivity contribution in [3.63, 3.8) is 0 Å². The molecule has 0 bridgehead atoms. The first-order valence-corrected chi connectivity index (χ1v) is 12.7. The molecule has 1 fully saturated rings. The van der Waals surface area contributed by atoms with E-state index in [1.165, 1.54) is 22.5 Å². The van der Waals surface area contributed by atoms with Crippen LogP contribution < -0.4 is 20.9 Å². The number of urea groups is 1. The van der Waals surface area contributed by atoms with Gasteiger partial charge in [0.1, 0.15) is 9.71 Å². The molecule has 3 N–H and O–H groups in total. The van der Waals surface area contributed by atoms with Crippen LogP contribution in [0, 0.1) is 0 Å². The molecule has 8 heteroatoms. The minimum absolute atomic E-state index is 0.0892. The highest BCUT2D eigenvalue weighted by molar-refractivity contribution is 7.21. The Kier molecular flexibility index (Phi) is 5.67. The van der Waals surface area contributed by atoms with Crippen LogP contribution in [0.4, 0.5) is 21.9 Å². The van der Waals surface area contributed by atoms with Crippen LogP contribution in [-0.2, 0) is 6.42 Å². The second-order valence-corrected chi connectivity index (χ2v) is 9.93. The van der Waals surface area contributed by atoms with Gasteiger partial charge < -0.3 is 16.0 Å². The average Bonchev–Trinajstić information content (AvgIpc) is 3.26. The largest absolute Gasteiger partial charge is 0.347 e. The fourth-order valence-electron chi connectivity index (χ4n) is 4.82. The monoisotopic (exact) mass is 483 g/mol. The zero-order chi connectivity index (χ0) is 23.8. The van der Waals surface area contributed by atoms with E-state index in [9.17, 15) is 9.59 Å². The summed E-state index contributed by atoms with van der Waals surface area (Å²) < 4.78 is 0. The fourth-order valence-corrected chi connectivity index (χ4v) is 5.84. The Bertz CT molecular complexity index is 1390. The van der Waals surface area contributed by atoms with Crippen molar-refractivity contribution in [2.75, 3.05) is 23.3 Å². The minimum Gasteiger partial charge on any atom is -0.347 e. The van der Waals surface area contributed by atoms with E-state index in [4.69, 9.17) is 0 Å². The zero-order valence-electron chi connectivity index (χ0n) is 19.1. The van der Waals surface area contributed by atoms with Gasteiger partial charge in [0.05, 0.1) is 22.4 Å². The van der Waals surface area contributed by atoms with Crippen LogP contribution in [0.1, 0.15) is 33.6 Å². The lowest BCUT2D eigenvalue weighted by atomic mass is 10.0. The summed E-state index contributed by atoms with van der Waals surface area (Å²) >= 11 is 1.32. The number of benzene rings is 2. The number of aromatic nitrogens is 1. The number of carbonyl (C=O) groups is 2. The number of rotatable bonds is 5. The topological polar surface area (TPSA) is 86.4 Å². The lowest BCUT2D eigenvalue weighted by Gasteiger charge is -2.28. The molecule has 176 valence electrons. The van der Waals surface area contributed by atoms with Crippen molar-refractivity contribution in [1.29, 1.82) is 0 Å². The molecule has 0 unspecified atom stereocenters. The van der Waals surface area contributed by atoms with Crippen LogP contribution in [0.5, 0.6) is 0 Å². The number of nitrogens with zero attached hydrogens (tertiary/aromatic N) is 2. The van der Waals surface area contributed by atoms with Gasteiger partial charge in [-0.3, -0.25) is 9.69 Å². The molecule has 6 rings (SSSR count). The van der Waals surface area contributed by atoms with Gasteiger partial charge in [-0.1, -0.05) is 42.5 Å². The first-order valence-electron chi connectivity index (χ1n) is 11.8. The molecule has 0 aliphatic carbocycles. The van der Waals surface area contributed by atoms with E-state index in [1.807, 2.05) is 48.5 Å². The SMILES string of the molecule is O=C(N[C@@H]1CCCNC1)c1sc2nccc3c2c1NC(=O)N3c1ccc(Cc2ccccc2)cc1. The second-order valence-electron chi connectivity index (χ2n) is 8.93. The predicted octanol–water partition coefficient (Wildman–Crippen LogP) is 5.05. The maximum Gasteiger partial charge on any atom is 0.331 e. The molecule has 2 aliphatic heterocycles. The number of hydrogen-bond acceptors (Lipinski definition) is 5. The fraction of sp³-hybridized carbons (Fsp3) is 0.222. The van der Waals surface area contributed by atoms with E-state index in [0.29, 0.717) is 10.6 Å². The molecule has 35 heavy (non-hydrogen) atoms. The van der Waals surface area contributed by atoms with E-state index >= 15 is 0 Å². The van der Waals surface area contributed by atoms with Crippen LogP contribution in [0.15, 0.2) is 66.9 Å². The van der Waals surface area contributed by atoms with Gasteiger partial charge in [-0.2, -0.15) is 0 Å². The van der Waals surface area contributed by atoms with Crippen LogP contribution in [0.25, 0.3) is 10.2 Å².